The van der Waals surface area contributed by atoms with Gasteiger partial charge < -0.3 is 14.3 Å². The van der Waals surface area contributed by atoms with Crippen molar-refractivity contribution in [3.63, 3.8) is 0 Å². The van der Waals surface area contributed by atoms with E-state index in [1.54, 1.807) is 18.3 Å². The maximum atomic E-state index is 11.9. The van der Waals surface area contributed by atoms with Crippen LogP contribution < -0.4 is 10.5 Å². The first-order chi connectivity index (χ1) is 11.5. The van der Waals surface area contributed by atoms with Gasteiger partial charge in [0, 0.05) is 18.8 Å². The van der Waals surface area contributed by atoms with Crippen LogP contribution in [-0.2, 0) is 17.9 Å². The highest BCUT2D eigenvalue weighted by Gasteiger charge is 2.14. The molecule has 0 spiro atoms. The zero-order valence-corrected chi connectivity index (χ0v) is 13.1. The molecule has 0 aliphatic heterocycles. The van der Waals surface area contributed by atoms with Gasteiger partial charge in [-0.05, 0) is 18.2 Å². The minimum absolute atomic E-state index is 0.00267. The summed E-state index contributed by atoms with van der Waals surface area (Å²) in [5.74, 6) is -1.33. The molecule has 8 nitrogen and oxygen atoms in total. The number of hydrogen-bond donors (Lipinski definition) is 1. The summed E-state index contributed by atoms with van der Waals surface area (Å²) in [6.07, 6.45) is 1.36. The highest BCUT2D eigenvalue weighted by atomic mass is 35.5. The number of fused-ring (bicyclic) bond motifs is 1. The van der Waals surface area contributed by atoms with Crippen molar-refractivity contribution in [3.05, 3.63) is 51.7 Å². The molecule has 3 aromatic rings. The number of aliphatic carboxylic acids is 1. The van der Waals surface area contributed by atoms with Gasteiger partial charge in [0.1, 0.15) is 18.1 Å². The van der Waals surface area contributed by atoms with E-state index in [2.05, 4.69) is 10.2 Å². The number of carboxylic acids is 1. The molecule has 1 N–H and O–H groups in total. The van der Waals surface area contributed by atoms with E-state index in [4.69, 9.17) is 25.9 Å². The number of aromatic nitrogens is 3. The van der Waals surface area contributed by atoms with Crippen molar-refractivity contribution >= 4 is 28.7 Å². The lowest BCUT2D eigenvalue weighted by molar-refractivity contribution is -0.137. The Morgan fingerprint density at radius 2 is 2.25 bits per heavy atom. The van der Waals surface area contributed by atoms with Crippen LogP contribution in [-0.4, -0.2) is 25.8 Å². The Hall–Kier alpha value is -2.87. The minimum atomic E-state index is -1.01. The van der Waals surface area contributed by atoms with Gasteiger partial charge in [-0.1, -0.05) is 11.6 Å². The monoisotopic (exact) mass is 349 g/mol. The van der Waals surface area contributed by atoms with E-state index in [0.717, 1.165) is 0 Å². The molecule has 0 radical (unpaired) electrons. The lowest BCUT2D eigenvalue weighted by Crippen LogP contribution is -2.16. The second-order valence-electron chi connectivity index (χ2n) is 4.92. The maximum Gasteiger partial charge on any atom is 0.419 e. The third kappa shape index (κ3) is 3.38. The predicted octanol–water partition coefficient (Wildman–Crippen LogP) is 2.09. The molecule has 0 fully saturated rings. The van der Waals surface area contributed by atoms with E-state index in [-0.39, 0.29) is 30.2 Å². The minimum Gasteiger partial charge on any atom is -0.486 e. The van der Waals surface area contributed by atoms with Gasteiger partial charge in [0.05, 0.1) is 17.0 Å². The largest absolute Gasteiger partial charge is 0.486 e. The Morgan fingerprint density at radius 1 is 1.42 bits per heavy atom. The number of carbonyl (C=O) groups is 1. The number of oxazole rings is 1. The molecule has 0 aliphatic rings. The van der Waals surface area contributed by atoms with E-state index in [0.29, 0.717) is 17.0 Å². The number of ether oxygens (including phenoxy) is 1. The Morgan fingerprint density at radius 3 is 2.96 bits per heavy atom. The Labute approximate surface area is 140 Å². The number of carboxylic acid groups (broad SMARTS) is 1. The van der Waals surface area contributed by atoms with Gasteiger partial charge in [0.25, 0.3) is 0 Å². The smallest absolute Gasteiger partial charge is 0.419 e. The van der Waals surface area contributed by atoms with Crippen LogP contribution in [0.15, 0.2) is 39.7 Å². The van der Waals surface area contributed by atoms with Crippen LogP contribution in [0.1, 0.15) is 12.1 Å². The van der Waals surface area contributed by atoms with E-state index >= 15 is 0 Å². The van der Waals surface area contributed by atoms with Gasteiger partial charge in [-0.25, -0.2) is 4.79 Å². The Balaban J connectivity index is 1.87. The van der Waals surface area contributed by atoms with Crippen LogP contribution in [0.25, 0.3) is 11.1 Å². The van der Waals surface area contributed by atoms with Crippen LogP contribution in [0.4, 0.5) is 0 Å². The van der Waals surface area contributed by atoms with Crippen molar-refractivity contribution in [2.24, 2.45) is 0 Å². The van der Waals surface area contributed by atoms with Gasteiger partial charge in [-0.3, -0.25) is 9.36 Å². The van der Waals surface area contributed by atoms with Gasteiger partial charge in [-0.2, -0.15) is 10.2 Å². The molecule has 124 valence electrons. The summed E-state index contributed by atoms with van der Waals surface area (Å²) in [4.78, 5) is 22.5. The number of benzene rings is 1. The molecule has 0 unspecified atom stereocenters. The average molecular weight is 350 g/mol. The highest BCUT2D eigenvalue weighted by Crippen LogP contribution is 2.30. The summed E-state index contributed by atoms with van der Waals surface area (Å²) >= 11 is 6.18. The molecule has 0 amide bonds. The third-order valence-electron chi connectivity index (χ3n) is 3.27. The molecule has 0 aliphatic carbocycles. The summed E-state index contributed by atoms with van der Waals surface area (Å²) < 4.78 is 11.9. The number of halogens is 1. The van der Waals surface area contributed by atoms with Crippen molar-refractivity contribution in [1.29, 1.82) is 0 Å². The van der Waals surface area contributed by atoms with Crippen LogP contribution in [0.2, 0.25) is 5.02 Å². The zero-order chi connectivity index (χ0) is 17.1. The van der Waals surface area contributed by atoms with E-state index < -0.39 is 11.7 Å². The lowest BCUT2D eigenvalue weighted by atomic mass is 10.3. The van der Waals surface area contributed by atoms with Gasteiger partial charge in [0.15, 0.2) is 5.58 Å². The van der Waals surface area contributed by atoms with E-state index in [9.17, 15) is 9.59 Å². The molecule has 3 rings (SSSR count). The molecule has 2 heterocycles. The molecule has 9 heteroatoms. The van der Waals surface area contributed by atoms with Crippen molar-refractivity contribution in [1.82, 2.24) is 14.8 Å². The van der Waals surface area contributed by atoms with Crippen molar-refractivity contribution < 1.29 is 19.1 Å². The van der Waals surface area contributed by atoms with Crippen LogP contribution in [0.3, 0.4) is 0 Å². The van der Waals surface area contributed by atoms with Crippen LogP contribution in [0, 0.1) is 0 Å². The standard InChI is InChI=1S/C15H12ClN3O5/c16-10-6-11-13(24-15(22)19(11)5-3-14(20)21)7-12(10)23-8-9-2-1-4-17-18-9/h1-2,4,6-7H,3,5,8H2,(H,20,21). The summed E-state index contributed by atoms with van der Waals surface area (Å²) in [6.45, 7) is 0.153. The van der Waals surface area contributed by atoms with Crippen LogP contribution >= 0.6 is 11.6 Å². The van der Waals surface area contributed by atoms with Crippen molar-refractivity contribution in [2.75, 3.05) is 0 Å². The average Bonchev–Trinajstić information content (AvgIpc) is 2.86. The van der Waals surface area contributed by atoms with E-state index in [1.165, 1.54) is 16.7 Å². The molecule has 0 atom stereocenters. The van der Waals surface area contributed by atoms with Crippen molar-refractivity contribution in [2.45, 2.75) is 19.6 Å². The van der Waals surface area contributed by atoms with Gasteiger partial charge in [0.2, 0.25) is 0 Å². The number of hydrogen-bond acceptors (Lipinski definition) is 6. The summed E-state index contributed by atoms with van der Waals surface area (Å²) in [7, 11) is 0. The topological polar surface area (TPSA) is 107 Å². The van der Waals surface area contributed by atoms with E-state index in [1.807, 2.05) is 0 Å². The van der Waals surface area contributed by atoms with Gasteiger partial charge in [-0.15, -0.1) is 0 Å². The van der Waals surface area contributed by atoms with Crippen molar-refractivity contribution in [3.8, 4) is 5.75 Å². The first kappa shape index (κ1) is 16.0. The van der Waals surface area contributed by atoms with Crippen LogP contribution in [0.5, 0.6) is 5.75 Å². The molecule has 0 saturated heterocycles. The fourth-order valence-electron chi connectivity index (χ4n) is 2.16. The molecule has 24 heavy (non-hydrogen) atoms. The summed E-state index contributed by atoms with van der Waals surface area (Å²) in [5.41, 5.74) is 1.30. The number of aryl methyl sites for hydroxylation is 1. The number of rotatable bonds is 6. The lowest BCUT2D eigenvalue weighted by Gasteiger charge is -2.07. The molecule has 0 bridgehead atoms. The zero-order valence-electron chi connectivity index (χ0n) is 12.3. The summed E-state index contributed by atoms with van der Waals surface area (Å²) in [6, 6.07) is 6.49. The van der Waals surface area contributed by atoms with Gasteiger partial charge >= 0.3 is 11.7 Å². The quantitative estimate of drug-likeness (QED) is 0.725. The molecular formula is C15H12ClN3O5. The third-order valence-corrected chi connectivity index (χ3v) is 3.57. The number of nitrogens with zero attached hydrogens (tertiary/aromatic N) is 3. The molecule has 0 saturated carbocycles. The Bertz CT molecular complexity index is 935. The SMILES string of the molecule is O=C(O)CCn1c(=O)oc2cc(OCc3cccnn3)c(Cl)cc21. The fraction of sp³-hybridized carbons (Fsp3) is 0.200. The molecule has 2 aromatic heterocycles. The molecule has 1 aromatic carbocycles. The normalized spacial score (nSPS) is 10.9. The second-order valence-corrected chi connectivity index (χ2v) is 5.32. The highest BCUT2D eigenvalue weighted by molar-refractivity contribution is 6.32. The first-order valence-electron chi connectivity index (χ1n) is 6.98. The second kappa shape index (κ2) is 6.71. The predicted molar refractivity (Wildman–Crippen MR) is 84.1 cm³/mol. The maximum absolute atomic E-state index is 11.9. The first-order valence-corrected chi connectivity index (χ1v) is 7.36. The Kier molecular flexibility index (Phi) is 4.48. The fourth-order valence-corrected chi connectivity index (χ4v) is 2.37. The summed E-state index contributed by atoms with van der Waals surface area (Å²) in [5, 5.41) is 16.7. The molecular weight excluding hydrogens is 338 g/mol.